The minimum absolute atomic E-state index is 0.119. The molecule has 5 nitrogen and oxygen atoms in total. The van der Waals surface area contributed by atoms with Gasteiger partial charge in [0.2, 0.25) is 0 Å². The van der Waals surface area contributed by atoms with Crippen LogP contribution in [0.3, 0.4) is 0 Å². The lowest BCUT2D eigenvalue weighted by Gasteiger charge is -2.12. The number of carboxylic acids is 1. The number of aromatic carboxylic acids is 1. The predicted molar refractivity (Wildman–Crippen MR) is 60.2 cm³/mol. The van der Waals surface area contributed by atoms with Gasteiger partial charge in [0.05, 0.1) is 0 Å². The summed E-state index contributed by atoms with van der Waals surface area (Å²) in [6, 6.07) is 1.62. The summed E-state index contributed by atoms with van der Waals surface area (Å²) in [6.45, 7) is 3.35. The molecule has 0 spiro atoms. The second-order valence-corrected chi connectivity index (χ2v) is 4.49. The minimum Gasteiger partial charge on any atom is -0.479 e. The Kier molecular flexibility index (Phi) is 3.89. The van der Waals surface area contributed by atoms with Gasteiger partial charge in [-0.1, -0.05) is 0 Å². The van der Waals surface area contributed by atoms with E-state index in [1.165, 1.54) is 7.05 Å². The molecule has 1 heterocycles. The molecule has 0 aliphatic heterocycles. The molecule has 2 N–H and O–H groups in total. The van der Waals surface area contributed by atoms with Crippen LogP contribution in [0.2, 0.25) is 0 Å². The molecule has 1 amide bonds. The van der Waals surface area contributed by atoms with Crippen molar-refractivity contribution in [2.75, 3.05) is 7.05 Å². The topological polar surface area (TPSA) is 75.6 Å². The number of ether oxygens (including phenoxy) is 1. The number of hydrogen-bond donors (Lipinski definition) is 2. The summed E-state index contributed by atoms with van der Waals surface area (Å²) in [7, 11) is 1.50. The highest BCUT2D eigenvalue weighted by Crippen LogP contribution is 2.29. The van der Waals surface area contributed by atoms with Crippen molar-refractivity contribution in [3.05, 3.63) is 15.8 Å². The van der Waals surface area contributed by atoms with E-state index >= 15 is 0 Å². The Morgan fingerprint density at radius 3 is 2.69 bits per heavy atom. The largest absolute Gasteiger partial charge is 0.479 e. The summed E-state index contributed by atoms with van der Waals surface area (Å²) < 4.78 is 5.30. The van der Waals surface area contributed by atoms with Crippen molar-refractivity contribution in [3.8, 4) is 5.75 Å². The van der Waals surface area contributed by atoms with Crippen LogP contribution in [0.25, 0.3) is 0 Å². The van der Waals surface area contributed by atoms with Crippen molar-refractivity contribution in [1.29, 1.82) is 0 Å². The van der Waals surface area contributed by atoms with Gasteiger partial charge in [-0.2, -0.15) is 0 Å². The summed E-state index contributed by atoms with van der Waals surface area (Å²) >= 11 is 1.13. The molecule has 1 aromatic rings. The van der Waals surface area contributed by atoms with Gasteiger partial charge in [-0.05, 0) is 19.9 Å². The molecule has 1 aromatic heterocycles. The number of nitrogens with one attached hydrogen (secondary N) is 1. The van der Waals surface area contributed by atoms with Gasteiger partial charge in [0.15, 0.2) is 11.0 Å². The van der Waals surface area contributed by atoms with E-state index in [9.17, 15) is 9.59 Å². The first-order valence-corrected chi connectivity index (χ1v) is 5.49. The number of hydrogen-bond acceptors (Lipinski definition) is 4. The Morgan fingerprint density at radius 2 is 2.19 bits per heavy atom. The fourth-order valence-corrected chi connectivity index (χ4v) is 1.96. The molecule has 0 fully saturated rings. The van der Waals surface area contributed by atoms with Gasteiger partial charge in [0.1, 0.15) is 5.75 Å². The van der Waals surface area contributed by atoms with Gasteiger partial charge in [0.25, 0.3) is 5.91 Å². The molecule has 0 bridgehead atoms. The maximum Gasteiger partial charge on any atom is 0.349 e. The van der Waals surface area contributed by atoms with Crippen LogP contribution in [0.4, 0.5) is 0 Å². The van der Waals surface area contributed by atoms with Crippen LogP contribution in [0.1, 0.15) is 21.5 Å². The van der Waals surface area contributed by atoms with Crippen LogP contribution in [0.15, 0.2) is 6.07 Å². The fraction of sp³-hybridized carbons (Fsp3) is 0.400. The quantitative estimate of drug-likeness (QED) is 0.835. The van der Waals surface area contributed by atoms with E-state index in [-0.39, 0.29) is 16.5 Å². The number of aryl methyl sites for hydroxylation is 1. The third kappa shape index (κ3) is 2.73. The van der Waals surface area contributed by atoms with Gasteiger partial charge < -0.3 is 15.2 Å². The highest BCUT2D eigenvalue weighted by molar-refractivity contribution is 7.14. The first-order chi connectivity index (χ1) is 7.45. The van der Waals surface area contributed by atoms with Crippen LogP contribution >= 0.6 is 11.3 Å². The Balaban J connectivity index is 2.88. The molecule has 0 aliphatic rings. The molecule has 1 rings (SSSR count). The zero-order chi connectivity index (χ0) is 12.3. The van der Waals surface area contributed by atoms with Crippen molar-refractivity contribution in [2.45, 2.75) is 20.0 Å². The number of rotatable bonds is 4. The number of carboxylic acid groups (broad SMARTS) is 1. The van der Waals surface area contributed by atoms with Crippen LogP contribution in [0.5, 0.6) is 5.75 Å². The van der Waals surface area contributed by atoms with Gasteiger partial charge >= 0.3 is 5.97 Å². The molecule has 0 aliphatic carbocycles. The van der Waals surface area contributed by atoms with Gasteiger partial charge in [0, 0.05) is 11.9 Å². The van der Waals surface area contributed by atoms with E-state index in [1.807, 2.05) is 0 Å². The zero-order valence-electron chi connectivity index (χ0n) is 9.23. The normalized spacial score (nSPS) is 11.9. The van der Waals surface area contributed by atoms with Gasteiger partial charge in [-0.15, -0.1) is 11.3 Å². The predicted octanol–water partition coefficient (Wildman–Crippen LogP) is 1.27. The van der Waals surface area contributed by atoms with Crippen molar-refractivity contribution >= 4 is 23.2 Å². The van der Waals surface area contributed by atoms with Crippen molar-refractivity contribution in [1.82, 2.24) is 5.32 Å². The average Bonchev–Trinajstić information content (AvgIpc) is 2.58. The molecule has 0 radical (unpaired) electrons. The molecular formula is C10H13NO4S. The van der Waals surface area contributed by atoms with Crippen LogP contribution in [-0.4, -0.2) is 30.1 Å². The summed E-state index contributed by atoms with van der Waals surface area (Å²) in [5.74, 6) is -1.09. The summed E-state index contributed by atoms with van der Waals surface area (Å²) in [6.07, 6.45) is -0.711. The maximum absolute atomic E-state index is 11.2. The number of carbonyl (C=O) groups is 2. The van der Waals surface area contributed by atoms with Crippen molar-refractivity contribution < 1.29 is 19.4 Å². The highest BCUT2D eigenvalue weighted by Gasteiger charge is 2.20. The van der Waals surface area contributed by atoms with E-state index in [1.54, 1.807) is 19.9 Å². The summed E-state index contributed by atoms with van der Waals surface area (Å²) in [5.41, 5.74) is 0. The number of amides is 1. The molecule has 1 unspecified atom stereocenters. The lowest BCUT2D eigenvalue weighted by Crippen LogP contribution is -2.33. The number of likely N-dealkylation sites (N-methyl/N-ethyl adjacent to an activating group) is 1. The van der Waals surface area contributed by atoms with Crippen molar-refractivity contribution in [3.63, 3.8) is 0 Å². The van der Waals surface area contributed by atoms with Crippen LogP contribution < -0.4 is 10.1 Å². The SMILES string of the molecule is CNC(=O)C(C)Oc1cc(C)sc1C(=O)O. The van der Waals surface area contributed by atoms with E-state index < -0.39 is 12.1 Å². The first-order valence-electron chi connectivity index (χ1n) is 4.67. The van der Waals surface area contributed by atoms with E-state index in [0.29, 0.717) is 0 Å². The third-order valence-electron chi connectivity index (χ3n) is 1.93. The lowest BCUT2D eigenvalue weighted by atomic mass is 10.3. The fourth-order valence-electron chi connectivity index (χ4n) is 1.17. The average molecular weight is 243 g/mol. The van der Waals surface area contributed by atoms with Crippen LogP contribution in [0, 0.1) is 6.92 Å². The van der Waals surface area contributed by atoms with Gasteiger partial charge in [-0.25, -0.2) is 4.79 Å². The smallest absolute Gasteiger partial charge is 0.349 e. The maximum atomic E-state index is 11.2. The molecule has 0 aromatic carbocycles. The summed E-state index contributed by atoms with van der Waals surface area (Å²) in [5, 5.41) is 11.4. The second kappa shape index (κ2) is 4.98. The minimum atomic E-state index is -1.04. The molecule has 6 heteroatoms. The Hall–Kier alpha value is -1.56. The molecule has 0 saturated heterocycles. The Bertz CT molecular complexity index is 413. The van der Waals surface area contributed by atoms with Crippen LogP contribution in [-0.2, 0) is 4.79 Å². The Morgan fingerprint density at radius 1 is 1.56 bits per heavy atom. The number of carbonyl (C=O) groups excluding carboxylic acids is 1. The van der Waals surface area contributed by atoms with Gasteiger partial charge in [-0.3, -0.25) is 4.79 Å². The van der Waals surface area contributed by atoms with E-state index in [4.69, 9.17) is 9.84 Å². The molecular weight excluding hydrogens is 230 g/mol. The summed E-state index contributed by atoms with van der Waals surface area (Å²) in [4.78, 5) is 23.1. The highest BCUT2D eigenvalue weighted by atomic mass is 32.1. The monoisotopic (exact) mass is 243 g/mol. The second-order valence-electron chi connectivity index (χ2n) is 3.23. The Labute approximate surface area is 97.0 Å². The zero-order valence-corrected chi connectivity index (χ0v) is 10.1. The first kappa shape index (κ1) is 12.5. The molecule has 88 valence electrons. The van der Waals surface area contributed by atoms with E-state index in [0.717, 1.165) is 16.2 Å². The third-order valence-corrected chi connectivity index (χ3v) is 2.95. The van der Waals surface area contributed by atoms with E-state index in [2.05, 4.69) is 5.32 Å². The number of thiophene rings is 1. The molecule has 16 heavy (non-hydrogen) atoms. The lowest BCUT2D eigenvalue weighted by molar-refractivity contribution is -0.126. The molecule has 0 saturated carbocycles. The van der Waals surface area contributed by atoms with Crippen molar-refractivity contribution in [2.24, 2.45) is 0 Å². The molecule has 1 atom stereocenters. The standard InChI is InChI=1S/C10H13NO4S/c1-5-4-7(8(16-5)10(13)14)15-6(2)9(12)11-3/h4,6H,1-3H3,(H,11,12)(H,13,14).